The highest BCUT2D eigenvalue weighted by Crippen LogP contribution is 2.18. The Balaban J connectivity index is 4.00. The zero-order valence-corrected chi connectivity index (χ0v) is 56.5. The van der Waals surface area contributed by atoms with Gasteiger partial charge in [0.25, 0.3) is 6.29 Å². The van der Waals surface area contributed by atoms with Crippen molar-refractivity contribution in [2.45, 2.75) is 347 Å². The van der Waals surface area contributed by atoms with E-state index in [2.05, 4.69) is 86.8 Å². The number of carboxylic acid groups (broad SMARTS) is 1. The molecular weight excluding hydrogens is 1050 g/mol. The zero-order chi connectivity index (χ0) is 61.9. The summed E-state index contributed by atoms with van der Waals surface area (Å²) in [6.07, 6.45) is 86.0. The number of ether oxygens (including phenoxy) is 4. The highest BCUT2D eigenvalue weighted by molar-refractivity contribution is 5.71. The second-order valence-electron chi connectivity index (χ2n) is 25.5. The Morgan fingerprint density at radius 1 is 0.365 bits per heavy atom. The molecule has 9 heteroatoms. The number of hydrogen-bond donors (Lipinski definition) is 1. The van der Waals surface area contributed by atoms with Crippen LogP contribution in [0.3, 0.4) is 0 Å². The first-order valence-corrected chi connectivity index (χ1v) is 36.1. The quantitative estimate of drug-likeness (QED) is 0.0211. The third kappa shape index (κ3) is 68.1. The molecule has 9 nitrogen and oxygen atoms in total. The number of allylic oxidation sites excluding steroid dienone is 12. The van der Waals surface area contributed by atoms with Crippen molar-refractivity contribution in [2.75, 3.05) is 47.5 Å². The summed E-state index contributed by atoms with van der Waals surface area (Å²) < 4.78 is 23.0. The number of quaternary nitrogens is 1. The maximum Gasteiger partial charge on any atom is 0.361 e. The number of rotatable bonds is 67. The summed E-state index contributed by atoms with van der Waals surface area (Å²) in [6, 6.07) is 0. The summed E-state index contributed by atoms with van der Waals surface area (Å²) in [7, 11) is 5.99. The predicted molar refractivity (Wildman–Crippen MR) is 364 cm³/mol. The van der Waals surface area contributed by atoms with E-state index in [9.17, 15) is 19.5 Å². The first-order valence-electron chi connectivity index (χ1n) is 36.1. The van der Waals surface area contributed by atoms with Gasteiger partial charge in [0.05, 0.1) is 34.4 Å². The molecule has 0 aliphatic heterocycles. The SMILES string of the molecule is CC/C=C\C/C=C\C/C=C\C/C=C\C/C=C\CCCCCCCCCCCCCCCCCCCCCCCCCC(=O)OC(COC(=O)CCCCCCCCCCC/C=C\CCCCCCCCCC)COC(OCC[N+](C)(C)C)C(=O)O. The van der Waals surface area contributed by atoms with Gasteiger partial charge in [0.1, 0.15) is 13.2 Å². The molecule has 1 N–H and O–H groups in total. The molecule has 0 saturated carbocycles. The fraction of sp³-hybridized carbons (Fsp3) is 0.803. The molecule has 0 heterocycles. The molecule has 0 saturated heterocycles. The van der Waals surface area contributed by atoms with Crippen LogP contribution in [-0.4, -0.2) is 87.4 Å². The first kappa shape index (κ1) is 81.7. The number of esters is 2. The van der Waals surface area contributed by atoms with Crippen molar-refractivity contribution in [3.63, 3.8) is 0 Å². The van der Waals surface area contributed by atoms with Crippen LogP contribution in [-0.2, 0) is 33.3 Å². The summed E-state index contributed by atoms with van der Waals surface area (Å²) in [5.41, 5.74) is 0. The van der Waals surface area contributed by atoms with Gasteiger partial charge in [-0.15, -0.1) is 0 Å². The van der Waals surface area contributed by atoms with Gasteiger partial charge in [-0.05, 0) is 83.5 Å². The molecule has 2 unspecified atom stereocenters. The van der Waals surface area contributed by atoms with Crippen LogP contribution in [0.5, 0.6) is 0 Å². The maximum atomic E-state index is 12.9. The van der Waals surface area contributed by atoms with Crippen LogP contribution >= 0.6 is 0 Å². The number of carbonyl (C=O) groups is 3. The first-order chi connectivity index (χ1) is 41.6. The molecule has 0 rings (SSSR count). The van der Waals surface area contributed by atoms with Gasteiger partial charge >= 0.3 is 17.9 Å². The van der Waals surface area contributed by atoms with Gasteiger partial charge < -0.3 is 28.5 Å². The molecule has 0 amide bonds. The molecule has 0 spiro atoms. The van der Waals surface area contributed by atoms with Gasteiger partial charge in [0.15, 0.2) is 6.10 Å². The van der Waals surface area contributed by atoms with Crippen molar-refractivity contribution in [3.8, 4) is 0 Å². The number of hydrogen-bond acceptors (Lipinski definition) is 7. The van der Waals surface area contributed by atoms with E-state index in [1.54, 1.807) is 0 Å². The summed E-state index contributed by atoms with van der Waals surface area (Å²) in [4.78, 5) is 37.6. The molecule has 2 atom stereocenters. The molecule has 0 aromatic carbocycles. The minimum atomic E-state index is -1.51. The molecule has 0 bridgehead atoms. The number of carboxylic acids is 1. The Morgan fingerprint density at radius 3 is 1.01 bits per heavy atom. The second-order valence-corrected chi connectivity index (χ2v) is 25.5. The fourth-order valence-electron chi connectivity index (χ4n) is 10.5. The van der Waals surface area contributed by atoms with Gasteiger partial charge in [0.2, 0.25) is 0 Å². The second kappa shape index (κ2) is 66.7. The zero-order valence-electron chi connectivity index (χ0n) is 56.5. The third-order valence-corrected chi connectivity index (χ3v) is 15.9. The largest absolute Gasteiger partial charge is 0.477 e. The molecule has 494 valence electrons. The number of nitrogens with zero attached hydrogens (tertiary/aromatic N) is 1. The van der Waals surface area contributed by atoms with Crippen molar-refractivity contribution in [3.05, 3.63) is 72.9 Å². The summed E-state index contributed by atoms with van der Waals surface area (Å²) in [6.45, 7) is 4.81. The summed E-state index contributed by atoms with van der Waals surface area (Å²) in [5.74, 6) is -1.99. The highest BCUT2D eigenvalue weighted by Gasteiger charge is 2.25. The van der Waals surface area contributed by atoms with E-state index < -0.39 is 18.4 Å². The molecule has 0 fully saturated rings. The van der Waals surface area contributed by atoms with Crippen molar-refractivity contribution < 1.29 is 42.9 Å². The Morgan fingerprint density at radius 2 is 0.671 bits per heavy atom. The molecule has 0 radical (unpaired) electrons. The normalized spacial score (nSPS) is 13.1. The smallest absolute Gasteiger partial charge is 0.361 e. The van der Waals surface area contributed by atoms with Gasteiger partial charge in [-0.25, -0.2) is 4.79 Å². The van der Waals surface area contributed by atoms with E-state index in [1.165, 1.54) is 238 Å². The summed E-state index contributed by atoms with van der Waals surface area (Å²) >= 11 is 0. The Labute approximate surface area is 526 Å². The Hall–Kier alpha value is -3.27. The lowest BCUT2D eigenvalue weighted by Gasteiger charge is -2.25. The lowest BCUT2D eigenvalue weighted by Crippen LogP contribution is -2.40. The van der Waals surface area contributed by atoms with Gasteiger partial charge in [-0.2, -0.15) is 0 Å². The van der Waals surface area contributed by atoms with Crippen molar-refractivity contribution >= 4 is 17.9 Å². The van der Waals surface area contributed by atoms with E-state index in [0.717, 1.165) is 70.6 Å². The minimum absolute atomic E-state index is 0.180. The molecule has 0 aromatic rings. The van der Waals surface area contributed by atoms with Gasteiger partial charge in [-0.3, -0.25) is 9.59 Å². The standard InChI is InChI=1S/C76H137NO8/c1-6-8-10-12-14-16-18-20-22-24-26-28-29-30-31-32-33-34-35-36-37-38-39-40-41-42-43-44-45-47-49-51-53-55-57-59-61-63-65-67-74(79)85-72(71-84-76(75(80)81)82-69-68-77(3,4)5)70-83-73(78)66-64-62-60-58-56-54-52-50-48-46-27-25-23-21-19-17-15-13-11-9-7-2/h8,10,14,16,20,22,25-28,30-31,72,76H,6-7,9,11-13,15,17-19,21,23-24,29,32-71H2,1-5H3/p+1/b10-8-,16-14-,22-20-,27-25-,28-26-,31-30-. The number of unbranched alkanes of at least 4 members (excludes halogenated alkanes) is 40. The average Bonchev–Trinajstić information content (AvgIpc) is 3.49. The molecule has 0 aromatic heterocycles. The lowest BCUT2D eigenvalue weighted by atomic mass is 10.0. The maximum absolute atomic E-state index is 12.9. The van der Waals surface area contributed by atoms with Crippen molar-refractivity contribution in [1.82, 2.24) is 0 Å². The minimum Gasteiger partial charge on any atom is -0.477 e. The van der Waals surface area contributed by atoms with E-state index >= 15 is 0 Å². The van der Waals surface area contributed by atoms with Crippen LogP contribution < -0.4 is 0 Å². The van der Waals surface area contributed by atoms with E-state index in [4.69, 9.17) is 18.9 Å². The van der Waals surface area contributed by atoms with Crippen molar-refractivity contribution in [1.29, 1.82) is 0 Å². The predicted octanol–water partition coefficient (Wildman–Crippen LogP) is 22.5. The Bertz CT molecular complexity index is 1620. The van der Waals surface area contributed by atoms with Crippen LogP contribution in [0.2, 0.25) is 0 Å². The monoisotopic (exact) mass is 1190 g/mol. The fourth-order valence-corrected chi connectivity index (χ4v) is 10.5. The van der Waals surface area contributed by atoms with Crippen LogP contribution in [0.15, 0.2) is 72.9 Å². The number of likely N-dealkylation sites (N-methyl/N-ethyl adjacent to an activating group) is 1. The van der Waals surface area contributed by atoms with E-state index in [-0.39, 0.29) is 38.2 Å². The van der Waals surface area contributed by atoms with Crippen LogP contribution in [0.1, 0.15) is 335 Å². The van der Waals surface area contributed by atoms with E-state index in [0.29, 0.717) is 17.4 Å². The molecule has 0 aliphatic rings. The molecule has 0 aliphatic carbocycles. The topological polar surface area (TPSA) is 108 Å². The number of carbonyl (C=O) groups excluding carboxylic acids is 2. The average molecular weight is 1190 g/mol. The number of aliphatic carboxylic acids is 1. The van der Waals surface area contributed by atoms with Gasteiger partial charge in [0, 0.05) is 12.8 Å². The van der Waals surface area contributed by atoms with Crippen LogP contribution in [0, 0.1) is 0 Å². The van der Waals surface area contributed by atoms with Crippen LogP contribution in [0.25, 0.3) is 0 Å². The third-order valence-electron chi connectivity index (χ3n) is 15.9. The molecule has 85 heavy (non-hydrogen) atoms. The summed E-state index contributed by atoms with van der Waals surface area (Å²) in [5, 5.41) is 9.74. The Kier molecular flexibility index (Phi) is 64.1. The van der Waals surface area contributed by atoms with Crippen LogP contribution in [0.4, 0.5) is 0 Å². The highest BCUT2D eigenvalue weighted by atomic mass is 16.7. The van der Waals surface area contributed by atoms with Gasteiger partial charge in [-0.1, -0.05) is 311 Å². The van der Waals surface area contributed by atoms with Crippen molar-refractivity contribution in [2.24, 2.45) is 0 Å². The van der Waals surface area contributed by atoms with E-state index in [1.807, 2.05) is 21.1 Å². The lowest BCUT2D eigenvalue weighted by molar-refractivity contribution is -0.870. The molecular formula is C76H138NO8+.